The normalized spacial score (nSPS) is 9.23. The molecule has 0 fully saturated rings. The Kier molecular flexibility index (Phi) is 3.80. The van der Waals surface area contributed by atoms with Crippen molar-refractivity contribution >= 4 is 0 Å². The fraction of sp³-hybridized carbons (Fsp3) is 0.300. The van der Waals surface area contributed by atoms with E-state index >= 15 is 0 Å². The molecule has 0 heterocycles. The van der Waals surface area contributed by atoms with Gasteiger partial charge in [-0.3, -0.25) is 0 Å². The van der Waals surface area contributed by atoms with Gasteiger partial charge < -0.3 is 10.1 Å². The van der Waals surface area contributed by atoms with E-state index < -0.39 is 0 Å². The van der Waals surface area contributed by atoms with E-state index in [9.17, 15) is 0 Å². The third-order valence-electron chi connectivity index (χ3n) is 1.60. The summed E-state index contributed by atoms with van der Waals surface area (Å²) in [7, 11) is 1.88. The van der Waals surface area contributed by atoms with Gasteiger partial charge in [0.1, 0.15) is 12.4 Å². The number of ether oxygens (including phenoxy) is 1. The second-order valence-electron chi connectivity index (χ2n) is 2.59. The van der Waals surface area contributed by atoms with Gasteiger partial charge in [0.2, 0.25) is 0 Å². The number of rotatable bonds is 4. The molecule has 1 rings (SSSR count). The van der Waals surface area contributed by atoms with E-state index in [2.05, 4.69) is 11.4 Å². The van der Waals surface area contributed by atoms with E-state index in [1.165, 1.54) is 0 Å². The second kappa shape index (κ2) is 5.18. The second-order valence-corrected chi connectivity index (χ2v) is 2.59. The maximum absolute atomic E-state index is 8.54. The molecule has 0 aliphatic heterocycles. The third-order valence-corrected chi connectivity index (χ3v) is 1.60. The van der Waals surface area contributed by atoms with Crippen LogP contribution in [0.5, 0.6) is 5.75 Å². The van der Waals surface area contributed by atoms with Crippen molar-refractivity contribution in [3.63, 3.8) is 0 Å². The maximum atomic E-state index is 8.54. The van der Waals surface area contributed by atoms with E-state index in [1.54, 1.807) is 24.3 Å². The van der Waals surface area contributed by atoms with E-state index in [1.807, 2.05) is 7.05 Å². The number of nitrogens with one attached hydrogen (secondary N) is 1. The van der Waals surface area contributed by atoms with Crippen molar-refractivity contribution in [2.45, 2.75) is 0 Å². The van der Waals surface area contributed by atoms with Gasteiger partial charge in [-0.15, -0.1) is 0 Å². The minimum absolute atomic E-state index is 0.641. The topological polar surface area (TPSA) is 45.0 Å². The predicted octanol–water partition coefficient (Wildman–Crippen LogP) is 1.16. The van der Waals surface area contributed by atoms with Crippen LogP contribution >= 0.6 is 0 Å². The zero-order valence-corrected chi connectivity index (χ0v) is 7.58. The van der Waals surface area contributed by atoms with Crippen LogP contribution in [0, 0.1) is 11.3 Å². The van der Waals surface area contributed by atoms with Crippen LogP contribution in [-0.4, -0.2) is 20.2 Å². The largest absolute Gasteiger partial charge is 0.492 e. The molecule has 3 heteroatoms. The van der Waals surface area contributed by atoms with E-state index in [4.69, 9.17) is 10.00 Å². The van der Waals surface area contributed by atoms with Gasteiger partial charge in [0, 0.05) is 6.54 Å². The molecule has 0 radical (unpaired) electrons. The van der Waals surface area contributed by atoms with Crippen molar-refractivity contribution < 1.29 is 4.74 Å². The smallest absolute Gasteiger partial charge is 0.119 e. The zero-order chi connectivity index (χ0) is 9.52. The molecule has 0 aromatic heterocycles. The van der Waals surface area contributed by atoms with Crippen LogP contribution in [0.4, 0.5) is 0 Å². The van der Waals surface area contributed by atoms with Gasteiger partial charge in [0.05, 0.1) is 11.6 Å². The van der Waals surface area contributed by atoms with Gasteiger partial charge in [0.15, 0.2) is 0 Å². The lowest BCUT2D eigenvalue weighted by Crippen LogP contribution is -2.15. The minimum Gasteiger partial charge on any atom is -0.492 e. The first-order chi connectivity index (χ1) is 6.36. The Morgan fingerprint density at radius 2 is 2.08 bits per heavy atom. The molecule has 0 aliphatic carbocycles. The minimum atomic E-state index is 0.641. The molecule has 13 heavy (non-hydrogen) atoms. The Balaban J connectivity index is 2.46. The summed E-state index contributed by atoms with van der Waals surface area (Å²) >= 11 is 0. The monoisotopic (exact) mass is 176 g/mol. The Morgan fingerprint density at radius 3 is 2.62 bits per heavy atom. The molecule has 0 unspecified atom stereocenters. The average molecular weight is 176 g/mol. The molecular formula is C10H12N2O. The summed E-state index contributed by atoms with van der Waals surface area (Å²) in [6.07, 6.45) is 0. The van der Waals surface area contributed by atoms with Crippen molar-refractivity contribution in [1.82, 2.24) is 5.32 Å². The first-order valence-electron chi connectivity index (χ1n) is 4.14. The van der Waals surface area contributed by atoms with Gasteiger partial charge in [-0.2, -0.15) is 5.26 Å². The zero-order valence-electron chi connectivity index (χ0n) is 7.58. The fourth-order valence-electron chi connectivity index (χ4n) is 0.897. The molecule has 0 saturated heterocycles. The molecular weight excluding hydrogens is 164 g/mol. The molecule has 3 nitrogen and oxygen atoms in total. The van der Waals surface area contributed by atoms with Gasteiger partial charge in [-0.25, -0.2) is 0 Å². The molecule has 0 bridgehead atoms. The van der Waals surface area contributed by atoms with Crippen LogP contribution in [0.3, 0.4) is 0 Å². The van der Waals surface area contributed by atoms with Crippen molar-refractivity contribution in [2.75, 3.05) is 20.2 Å². The van der Waals surface area contributed by atoms with Crippen molar-refractivity contribution in [3.8, 4) is 11.8 Å². The molecule has 0 saturated carbocycles. The Bertz CT molecular complexity index is 287. The van der Waals surface area contributed by atoms with Crippen LogP contribution in [0.15, 0.2) is 24.3 Å². The summed E-state index contributed by atoms with van der Waals surface area (Å²) in [6, 6.07) is 9.14. The molecule has 1 aromatic carbocycles. The lowest BCUT2D eigenvalue weighted by molar-refractivity contribution is 0.318. The van der Waals surface area contributed by atoms with Crippen LogP contribution in [0.25, 0.3) is 0 Å². The molecule has 0 atom stereocenters. The van der Waals surface area contributed by atoms with Gasteiger partial charge in [0.25, 0.3) is 0 Å². The molecule has 0 amide bonds. The first kappa shape index (κ1) is 9.56. The standard InChI is InChI=1S/C10H12N2O/c1-12-6-7-13-10-4-2-9(8-11)3-5-10/h2-5,12H,6-7H2,1H3. The number of benzene rings is 1. The van der Waals surface area contributed by atoms with E-state index in [0.717, 1.165) is 12.3 Å². The summed E-state index contributed by atoms with van der Waals surface area (Å²) in [5.41, 5.74) is 0.654. The molecule has 1 aromatic rings. The number of hydrogen-bond donors (Lipinski definition) is 1. The van der Waals surface area contributed by atoms with Gasteiger partial charge >= 0.3 is 0 Å². The Morgan fingerprint density at radius 1 is 1.38 bits per heavy atom. The summed E-state index contributed by atoms with van der Waals surface area (Å²) < 4.78 is 5.37. The highest BCUT2D eigenvalue weighted by Crippen LogP contribution is 2.10. The maximum Gasteiger partial charge on any atom is 0.119 e. The van der Waals surface area contributed by atoms with E-state index in [-0.39, 0.29) is 0 Å². The lowest BCUT2D eigenvalue weighted by atomic mass is 10.2. The summed E-state index contributed by atoms with van der Waals surface area (Å²) in [5, 5.41) is 11.5. The summed E-state index contributed by atoms with van der Waals surface area (Å²) in [5.74, 6) is 0.800. The van der Waals surface area contributed by atoms with Crippen molar-refractivity contribution in [2.24, 2.45) is 0 Å². The summed E-state index contributed by atoms with van der Waals surface area (Å²) in [6.45, 7) is 1.46. The van der Waals surface area contributed by atoms with Crippen LogP contribution in [0.1, 0.15) is 5.56 Å². The van der Waals surface area contributed by atoms with E-state index in [0.29, 0.717) is 12.2 Å². The SMILES string of the molecule is CNCCOc1ccc(C#N)cc1. The number of nitriles is 1. The quantitative estimate of drug-likeness (QED) is 0.700. The first-order valence-corrected chi connectivity index (χ1v) is 4.14. The third kappa shape index (κ3) is 3.14. The Labute approximate surface area is 77.9 Å². The van der Waals surface area contributed by atoms with Crippen molar-refractivity contribution in [3.05, 3.63) is 29.8 Å². The molecule has 68 valence electrons. The highest BCUT2D eigenvalue weighted by atomic mass is 16.5. The molecule has 0 spiro atoms. The fourth-order valence-corrected chi connectivity index (χ4v) is 0.897. The van der Waals surface area contributed by atoms with Crippen LogP contribution in [0.2, 0.25) is 0 Å². The van der Waals surface area contributed by atoms with Crippen LogP contribution in [-0.2, 0) is 0 Å². The number of nitrogens with zero attached hydrogens (tertiary/aromatic N) is 1. The Hall–Kier alpha value is -1.53. The van der Waals surface area contributed by atoms with Gasteiger partial charge in [-0.05, 0) is 31.3 Å². The molecule has 1 N–H and O–H groups in total. The van der Waals surface area contributed by atoms with Crippen molar-refractivity contribution in [1.29, 1.82) is 5.26 Å². The number of hydrogen-bond acceptors (Lipinski definition) is 3. The number of likely N-dealkylation sites (N-methyl/N-ethyl adjacent to an activating group) is 1. The lowest BCUT2D eigenvalue weighted by Gasteiger charge is -2.04. The highest BCUT2D eigenvalue weighted by molar-refractivity contribution is 5.34. The predicted molar refractivity (Wildman–Crippen MR) is 50.6 cm³/mol. The summed E-state index contributed by atoms with van der Waals surface area (Å²) in [4.78, 5) is 0. The molecule has 0 aliphatic rings. The van der Waals surface area contributed by atoms with Gasteiger partial charge in [-0.1, -0.05) is 0 Å². The highest BCUT2D eigenvalue weighted by Gasteiger charge is 1.93. The average Bonchev–Trinajstić information content (AvgIpc) is 2.19. The van der Waals surface area contributed by atoms with Crippen LogP contribution < -0.4 is 10.1 Å².